The summed E-state index contributed by atoms with van der Waals surface area (Å²) in [5, 5.41) is 19.0. The molecule has 0 radical (unpaired) electrons. The summed E-state index contributed by atoms with van der Waals surface area (Å²) in [5.74, 6) is 0.0802. The van der Waals surface area contributed by atoms with Crippen LogP contribution in [0.5, 0.6) is 5.75 Å². The van der Waals surface area contributed by atoms with Crippen LogP contribution in [-0.4, -0.2) is 23.6 Å². The number of carbonyl (C=O) groups is 1. The fourth-order valence-corrected chi connectivity index (χ4v) is 5.38. The van der Waals surface area contributed by atoms with Gasteiger partial charge >= 0.3 is 0 Å². The zero-order valence-electron chi connectivity index (χ0n) is 20.8. The quantitative estimate of drug-likeness (QED) is 0.302. The summed E-state index contributed by atoms with van der Waals surface area (Å²) in [6.45, 7) is 4.67. The normalized spacial score (nSPS) is 15.7. The van der Waals surface area contributed by atoms with E-state index in [1.54, 1.807) is 12.1 Å². The molecule has 0 saturated heterocycles. The van der Waals surface area contributed by atoms with Crippen LogP contribution in [0, 0.1) is 13.8 Å². The van der Waals surface area contributed by atoms with Crippen LogP contribution < -0.4 is 16.4 Å². The Hall–Kier alpha value is -3.83. The highest BCUT2D eigenvalue weighted by Gasteiger charge is 2.25. The third-order valence-corrected chi connectivity index (χ3v) is 7.27. The Balaban J connectivity index is 1.34. The first-order chi connectivity index (χ1) is 17.4. The number of rotatable bonds is 6. The van der Waals surface area contributed by atoms with Crippen LogP contribution in [0.1, 0.15) is 45.8 Å². The number of phenols is 1. The van der Waals surface area contributed by atoms with Crippen LogP contribution >= 0.6 is 0 Å². The zero-order valence-corrected chi connectivity index (χ0v) is 20.8. The molecule has 0 spiro atoms. The maximum atomic E-state index is 13.1. The second-order valence-electron chi connectivity index (χ2n) is 9.88. The molecule has 1 aliphatic heterocycles. The number of fused-ring (bicyclic) bond motifs is 2. The largest absolute Gasteiger partial charge is 0.508 e. The standard InChI is InChI=1S/C31H33N3O2/c1-19-14-24(35)15-20(2)26(19)18-28(32)31(36)34-30-12-13-33-29-11-10-21(17-27(29)30)16-23-8-5-7-22-6-3-4-9-25(22)23/h3-11,14-15,17,28,30,33,35H,12-13,16,18,32H2,1-2H3,(H,34,36)/t28-,30+/m0/s1. The van der Waals surface area contributed by atoms with Crippen molar-refractivity contribution in [3.05, 3.63) is 106 Å². The second-order valence-corrected chi connectivity index (χ2v) is 9.88. The van der Waals surface area contributed by atoms with Crippen LogP contribution in [0.2, 0.25) is 0 Å². The Kier molecular flexibility index (Phi) is 6.66. The average Bonchev–Trinajstić information content (AvgIpc) is 2.86. The van der Waals surface area contributed by atoms with Crippen molar-refractivity contribution in [2.75, 3.05) is 11.9 Å². The number of hydrogen-bond donors (Lipinski definition) is 4. The lowest BCUT2D eigenvalue weighted by Gasteiger charge is -2.29. The van der Waals surface area contributed by atoms with Gasteiger partial charge in [-0.1, -0.05) is 54.6 Å². The topological polar surface area (TPSA) is 87.4 Å². The van der Waals surface area contributed by atoms with Gasteiger partial charge in [-0.25, -0.2) is 0 Å². The smallest absolute Gasteiger partial charge is 0.237 e. The van der Waals surface area contributed by atoms with Gasteiger partial charge in [-0.2, -0.15) is 0 Å². The molecule has 36 heavy (non-hydrogen) atoms. The van der Waals surface area contributed by atoms with Crippen LogP contribution in [0.15, 0.2) is 72.8 Å². The number of nitrogens with one attached hydrogen (secondary N) is 2. The van der Waals surface area contributed by atoms with Crippen LogP contribution in [0.3, 0.4) is 0 Å². The molecule has 1 aliphatic rings. The van der Waals surface area contributed by atoms with E-state index in [0.717, 1.165) is 47.3 Å². The summed E-state index contributed by atoms with van der Waals surface area (Å²) in [6.07, 6.45) is 2.07. The Bertz CT molecular complexity index is 1400. The summed E-state index contributed by atoms with van der Waals surface area (Å²) in [7, 11) is 0. The van der Waals surface area contributed by atoms with E-state index in [1.165, 1.54) is 21.9 Å². The maximum absolute atomic E-state index is 13.1. The van der Waals surface area contributed by atoms with Gasteiger partial charge in [0.2, 0.25) is 5.91 Å². The molecule has 5 heteroatoms. The summed E-state index contributed by atoms with van der Waals surface area (Å²) in [5.41, 5.74) is 13.9. The summed E-state index contributed by atoms with van der Waals surface area (Å²) in [4.78, 5) is 13.1. The molecule has 0 fully saturated rings. The van der Waals surface area contributed by atoms with Crippen molar-refractivity contribution >= 4 is 22.4 Å². The first-order valence-corrected chi connectivity index (χ1v) is 12.6. The highest BCUT2D eigenvalue weighted by Crippen LogP contribution is 2.32. The first-order valence-electron chi connectivity index (χ1n) is 12.6. The van der Waals surface area contributed by atoms with Crippen LogP contribution in [0.25, 0.3) is 10.8 Å². The van der Waals surface area contributed by atoms with E-state index in [4.69, 9.17) is 5.73 Å². The molecular formula is C31H33N3O2. The van der Waals surface area contributed by atoms with E-state index in [0.29, 0.717) is 6.42 Å². The first kappa shape index (κ1) is 23.9. The van der Waals surface area contributed by atoms with Gasteiger partial charge in [0.1, 0.15) is 5.75 Å². The number of phenolic OH excluding ortho intramolecular Hbond substituents is 1. The van der Waals surface area contributed by atoms with Gasteiger partial charge in [-0.15, -0.1) is 0 Å². The van der Waals surface area contributed by atoms with Gasteiger partial charge in [0.15, 0.2) is 0 Å². The molecule has 184 valence electrons. The maximum Gasteiger partial charge on any atom is 0.237 e. The molecule has 0 bridgehead atoms. The Morgan fingerprint density at radius 1 is 1.06 bits per heavy atom. The molecular weight excluding hydrogens is 446 g/mol. The van der Waals surface area contributed by atoms with Gasteiger partial charge < -0.3 is 21.5 Å². The van der Waals surface area contributed by atoms with Gasteiger partial charge in [-0.3, -0.25) is 4.79 Å². The zero-order chi connectivity index (χ0) is 25.2. The van der Waals surface area contributed by atoms with Crippen LogP contribution in [-0.2, 0) is 17.6 Å². The number of amides is 1. The van der Waals surface area contributed by atoms with Crippen molar-refractivity contribution in [3.8, 4) is 5.75 Å². The van der Waals surface area contributed by atoms with Gasteiger partial charge in [0, 0.05) is 12.2 Å². The van der Waals surface area contributed by atoms with Crippen molar-refractivity contribution < 1.29 is 9.90 Å². The highest BCUT2D eigenvalue weighted by atomic mass is 16.3. The number of aromatic hydroxyl groups is 1. The monoisotopic (exact) mass is 479 g/mol. The molecule has 5 rings (SSSR count). The number of carbonyl (C=O) groups excluding carboxylic acids is 1. The lowest BCUT2D eigenvalue weighted by atomic mass is 9.92. The molecule has 2 atom stereocenters. The highest BCUT2D eigenvalue weighted by molar-refractivity contribution is 5.86. The van der Waals surface area contributed by atoms with Gasteiger partial charge in [0.25, 0.3) is 0 Å². The number of anilines is 1. The van der Waals surface area contributed by atoms with Gasteiger partial charge in [-0.05, 0) is 95.5 Å². The molecule has 0 unspecified atom stereocenters. The molecule has 4 aromatic rings. The van der Waals surface area contributed by atoms with Crippen LogP contribution in [0.4, 0.5) is 5.69 Å². The van der Waals surface area contributed by atoms with Crippen molar-refractivity contribution in [1.29, 1.82) is 0 Å². The molecule has 4 aromatic carbocycles. The third-order valence-electron chi connectivity index (χ3n) is 7.27. The lowest BCUT2D eigenvalue weighted by molar-refractivity contribution is -0.123. The van der Waals surface area contributed by atoms with E-state index in [9.17, 15) is 9.90 Å². The molecule has 5 N–H and O–H groups in total. The molecule has 0 saturated carbocycles. The van der Waals surface area contributed by atoms with Gasteiger partial charge in [0.05, 0.1) is 12.1 Å². The Morgan fingerprint density at radius 3 is 2.61 bits per heavy atom. The van der Waals surface area contributed by atoms with Crippen molar-refractivity contribution in [3.63, 3.8) is 0 Å². The minimum absolute atomic E-state index is 0.0886. The molecule has 5 nitrogen and oxygen atoms in total. The van der Waals surface area contributed by atoms with E-state index in [-0.39, 0.29) is 17.7 Å². The van der Waals surface area contributed by atoms with E-state index in [2.05, 4.69) is 71.3 Å². The minimum atomic E-state index is -0.663. The predicted octanol–water partition coefficient (Wildman–Crippen LogP) is 5.30. The van der Waals surface area contributed by atoms with E-state index in [1.807, 2.05) is 13.8 Å². The average molecular weight is 480 g/mol. The summed E-state index contributed by atoms with van der Waals surface area (Å²) in [6, 6.07) is 24.1. The van der Waals surface area contributed by atoms with Crippen molar-refractivity contribution in [2.45, 2.75) is 45.2 Å². The fourth-order valence-electron chi connectivity index (χ4n) is 5.38. The number of nitrogens with two attached hydrogens (primary N) is 1. The Morgan fingerprint density at radius 2 is 1.81 bits per heavy atom. The van der Waals surface area contributed by atoms with E-state index >= 15 is 0 Å². The number of benzene rings is 4. The SMILES string of the molecule is Cc1cc(O)cc(C)c1C[C@H](N)C(=O)N[C@@H]1CCNc2ccc(Cc3cccc4ccccc34)cc21. The third kappa shape index (κ3) is 4.93. The molecule has 0 aliphatic carbocycles. The number of aryl methyl sites for hydroxylation is 2. The second kappa shape index (κ2) is 10.0. The minimum Gasteiger partial charge on any atom is -0.508 e. The van der Waals surface area contributed by atoms with Crippen molar-refractivity contribution in [1.82, 2.24) is 5.32 Å². The molecule has 0 aromatic heterocycles. The lowest BCUT2D eigenvalue weighted by Crippen LogP contribution is -2.44. The molecule has 1 heterocycles. The summed E-state index contributed by atoms with van der Waals surface area (Å²) >= 11 is 0. The van der Waals surface area contributed by atoms with Crippen molar-refractivity contribution in [2.24, 2.45) is 5.73 Å². The predicted molar refractivity (Wildman–Crippen MR) is 146 cm³/mol. The molecule has 1 amide bonds. The summed E-state index contributed by atoms with van der Waals surface area (Å²) < 4.78 is 0. The Labute approximate surface area is 212 Å². The fraction of sp³-hybridized carbons (Fsp3) is 0.258. The van der Waals surface area contributed by atoms with E-state index < -0.39 is 6.04 Å². The number of hydrogen-bond acceptors (Lipinski definition) is 4.